The fraction of sp³-hybridized carbons (Fsp3) is 0.429. The Morgan fingerprint density at radius 3 is 2.56 bits per heavy atom. The van der Waals surface area contributed by atoms with Crippen LogP contribution in [0.15, 0.2) is 24.5 Å². The highest BCUT2D eigenvalue weighted by molar-refractivity contribution is 7.11. The van der Waals surface area contributed by atoms with Gasteiger partial charge in [-0.25, -0.2) is 4.98 Å². The number of nitrogens with one attached hydrogen (secondary N) is 1. The Morgan fingerprint density at radius 1 is 1.22 bits per heavy atom. The van der Waals surface area contributed by atoms with Crippen LogP contribution in [-0.4, -0.2) is 9.97 Å². The summed E-state index contributed by atoms with van der Waals surface area (Å²) in [6.45, 7) is 8.48. The molecule has 2 aromatic rings. The van der Waals surface area contributed by atoms with E-state index in [4.69, 9.17) is 0 Å². The maximum atomic E-state index is 4.48. The van der Waals surface area contributed by atoms with Crippen molar-refractivity contribution < 1.29 is 0 Å². The van der Waals surface area contributed by atoms with Crippen LogP contribution in [0.4, 0.5) is 0 Å². The van der Waals surface area contributed by atoms with Crippen molar-refractivity contribution in [1.29, 1.82) is 0 Å². The highest BCUT2D eigenvalue weighted by Crippen LogP contribution is 2.26. The average Bonchev–Trinajstić information content (AvgIpc) is 2.69. The lowest BCUT2D eigenvalue weighted by Crippen LogP contribution is -2.22. The van der Waals surface area contributed by atoms with E-state index >= 15 is 0 Å². The van der Waals surface area contributed by atoms with Gasteiger partial charge in [0.05, 0.1) is 10.7 Å². The van der Waals surface area contributed by atoms with Crippen molar-refractivity contribution in [3.63, 3.8) is 0 Å². The van der Waals surface area contributed by atoms with Gasteiger partial charge in [0.1, 0.15) is 0 Å². The fourth-order valence-corrected chi connectivity index (χ4v) is 3.07. The first-order valence-electron chi connectivity index (χ1n) is 6.18. The molecule has 2 atom stereocenters. The standard InChI is InChI=1S/C14H19N3S/c1-9(13-6-5-7-15-8-13)16-10(2)14-11(3)17-12(4)18-14/h5-10,16H,1-4H3/t9-,10?/m1/s1. The second-order valence-corrected chi connectivity index (χ2v) is 5.81. The molecule has 0 aliphatic heterocycles. The minimum absolute atomic E-state index is 0.288. The van der Waals surface area contributed by atoms with Gasteiger partial charge in [-0.3, -0.25) is 4.98 Å². The molecule has 3 nitrogen and oxygen atoms in total. The van der Waals surface area contributed by atoms with Crippen LogP contribution in [0.2, 0.25) is 0 Å². The SMILES string of the molecule is Cc1nc(C)c(C(C)N[C@H](C)c2cccnc2)s1. The van der Waals surface area contributed by atoms with E-state index in [0.29, 0.717) is 6.04 Å². The molecule has 1 N–H and O–H groups in total. The lowest BCUT2D eigenvalue weighted by Gasteiger charge is -2.19. The van der Waals surface area contributed by atoms with Crippen molar-refractivity contribution in [1.82, 2.24) is 15.3 Å². The molecule has 0 spiro atoms. The summed E-state index contributed by atoms with van der Waals surface area (Å²) in [7, 11) is 0. The lowest BCUT2D eigenvalue weighted by atomic mass is 10.1. The second kappa shape index (κ2) is 5.59. The first kappa shape index (κ1) is 13.2. The number of aromatic nitrogens is 2. The molecule has 0 saturated heterocycles. The van der Waals surface area contributed by atoms with Crippen LogP contribution in [0.1, 0.15) is 47.1 Å². The zero-order valence-electron chi connectivity index (χ0n) is 11.3. The maximum absolute atomic E-state index is 4.48. The Balaban J connectivity index is 2.08. The number of hydrogen-bond donors (Lipinski definition) is 1. The van der Waals surface area contributed by atoms with Crippen LogP contribution in [-0.2, 0) is 0 Å². The molecular formula is C14H19N3S. The van der Waals surface area contributed by atoms with E-state index in [9.17, 15) is 0 Å². The van der Waals surface area contributed by atoms with Crippen molar-refractivity contribution in [2.75, 3.05) is 0 Å². The molecule has 2 rings (SSSR count). The highest BCUT2D eigenvalue weighted by Gasteiger charge is 2.15. The number of hydrogen-bond acceptors (Lipinski definition) is 4. The number of nitrogens with zero attached hydrogens (tertiary/aromatic N) is 2. The van der Waals surface area contributed by atoms with E-state index in [0.717, 1.165) is 10.7 Å². The summed E-state index contributed by atoms with van der Waals surface area (Å²) in [5.74, 6) is 0. The third kappa shape index (κ3) is 2.94. The molecule has 0 bridgehead atoms. The largest absolute Gasteiger partial charge is 0.303 e. The van der Waals surface area contributed by atoms with Gasteiger partial charge in [-0.2, -0.15) is 0 Å². The van der Waals surface area contributed by atoms with Gasteiger partial charge in [0, 0.05) is 29.4 Å². The summed E-state index contributed by atoms with van der Waals surface area (Å²) in [6.07, 6.45) is 3.71. The third-order valence-electron chi connectivity index (χ3n) is 3.02. The molecule has 0 aliphatic carbocycles. The summed E-state index contributed by atoms with van der Waals surface area (Å²) in [5.41, 5.74) is 2.35. The zero-order chi connectivity index (χ0) is 13.1. The predicted octanol–water partition coefficient (Wildman–Crippen LogP) is 3.57. The minimum atomic E-state index is 0.288. The monoisotopic (exact) mass is 261 g/mol. The van der Waals surface area contributed by atoms with Crippen molar-refractivity contribution >= 4 is 11.3 Å². The summed E-state index contributed by atoms with van der Waals surface area (Å²) in [4.78, 5) is 9.96. The third-order valence-corrected chi connectivity index (χ3v) is 4.27. The van der Waals surface area contributed by atoms with E-state index in [-0.39, 0.29) is 6.04 Å². The molecule has 0 aliphatic rings. The van der Waals surface area contributed by atoms with Gasteiger partial charge in [-0.1, -0.05) is 6.07 Å². The van der Waals surface area contributed by atoms with Crippen molar-refractivity contribution in [3.05, 3.63) is 45.7 Å². The molecule has 2 heterocycles. The quantitative estimate of drug-likeness (QED) is 0.914. The molecule has 0 fully saturated rings. The smallest absolute Gasteiger partial charge is 0.0900 e. The van der Waals surface area contributed by atoms with Crippen LogP contribution < -0.4 is 5.32 Å². The van der Waals surface area contributed by atoms with Gasteiger partial charge in [-0.15, -0.1) is 11.3 Å². The van der Waals surface area contributed by atoms with Gasteiger partial charge >= 0.3 is 0 Å². The van der Waals surface area contributed by atoms with Crippen LogP contribution in [0.25, 0.3) is 0 Å². The fourth-order valence-electron chi connectivity index (χ4n) is 2.13. The first-order chi connectivity index (χ1) is 8.58. The van der Waals surface area contributed by atoms with E-state index in [1.807, 2.05) is 12.3 Å². The Hall–Kier alpha value is -1.26. The molecule has 0 saturated carbocycles. The molecule has 0 amide bonds. The molecule has 2 aromatic heterocycles. The van der Waals surface area contributed by atoms with Gasteiger partial charge in [0.15, 0.2) is 0 Å². The Labute approximate surface area is 112 Å². The number of rotatable bonds is 4. The first-order valence-corrected chi connectivity index (χ1v) is 6.99. The molecule has 96 valence electrons. The van der Waals surface area contributed by atoms with E-state index in [1.54, 1.807) is 17.5 Å². The lowest BCUT2D eigenvalue weighted by molar-refractivity contribution is 0.497. The van der Waals surface area contributed by atoms with Gasteiger partial charge in [0.25, 0.3) is 0 Å². The molecule has 1 unspecified atom stereocenters. The minimum Gasteiger partial charge on any atom is -0.303 e. The van der Waals surface area contributed by atoms with Gasteiger partial charge < -0.3 is 5.32 Å². The van der Waals surface area contributed by atoms with Crippen LogP contribution >= 0.6 is 11.3 Å². The Kier molecular flexibility index (Phi) is 4.09. The topological polar surface area (TPSA) is 37.8 Å². The van der Waals surface area contributed by atoms with E-state index in [1.165, 1.54) is 10.4 Å². The number of thiazole rings is 1. The van der Waals surface area contributed by atoms with Crippen molar-refractivity contribution in [3.8, 4) is 0 Å². The highest BCUT2D eigenvalue weighted by atomic mass is 32.1. The predicted molar refractivity (Wildman–Crippen MR) is 75.8 cm³/mol. The normalized spacial score (nSPS) is 14.4. The second-order valence-electron chi connectivity index (χ2n) is 4.58. The van der Waals surface area contributed by atoms with E-state index < -0.39 is 0 Å². The van der Waals surface area contributed by atoms with Crippen molar-refractivity contribution in [2.45, 2.75) is 39.8 Å². The Bertz CT molecular complexity index is 507. The zero-order valence-corrected chi connectivity index (χ0v) is 12.1. The van der Waals surface area contributed by atoms with Crippen LogP contribution in [0.3, 0.4) is 0 Å². The average molecular weight is 261 g/mol. The summed E-state index contributed by atoms with van der Waals surface area (Å²) >= 11 is 1.77. The molecule has 4 heteroatoms. The molecule has 18 heavy (non-hydrogen) atoms. The Morgan fingerprint density at radius 2 is 2.00 bits per heavy atom. The number of aryl methyl sites for hydroxylation is 2. The van der Waals surface area contributed by atoms with E-state index in [2.05, 4.69) is 49.0 Å². The van der Waals surface area contributed by atoms with Gasteiger partial charge in [-0.05, 0) is 39.3 Å². The summed E-state index contributed by atoms with van der Waals surface area (Å²) < 4.78 is 0. The molecule has 0 aromatic carbocycles. The van der Waals surface area contributed by atoms with Crippen LogP contribution in [0.5, 0.6) is 0 Å². The maximum Gasteiger partial charge on any atom is 0.0900 e. The molecule has 0 radical (unpaired) electrons. The summed E-state index contributed by atoms with van der Waals surface area (Å²) in [5, 5.41) is 4.73. The molecular weight excluding hydrogens is 242 g/mol. The number of pyridine rings is 1. The van der Waals surface area contributed by atoms with Gasteiger partial charge in [0.2, 0.25) is 0 Å². The van der Waals surface area contributed by atoms with Crippen LogP contribution in [0, 0.1) is 13.8 Å². The van der Waals surface area contributed by atoms with Crippen molar-refractivity contribution in [2.24, 2.45) is 0 Å². The summed E-state index contributed by atoms with van der Waals surface area (Å²) in [6, 6.07) is 4.67.